The molecule has 0 aliphatic carbocycles. The third-order valence-electron chi connectivity index (χ3n) is 6.03. The van der Waals surface area contributed by atoms with Gasteiger partial charge in [0.05, 0.1) is 11.4 Å². The van der Waals surface area contributed by atoms with Crippen molar-refractivity contribution in [2.75, 3.05) is 0 Å². The van der Waals surface area contributed by atoms with Crippen molar-refractivity contribution in [2.24, 2.45) is 0 Å². The van der Waals surface area contributed by atoms with Gasteiger partial charge in [-0.2, -0.15) is 0 Å². The van der Waals surface area contributed by atoms with Crippen LogP contribution in [0.3, 0.4) is 0 Å². The van der Waals surface area contributed by atoms with Crippen molar-refractivity contribution in [3.05, 3.63) is 138 Å². The van der Waals surface area contributed by atoms with E-state index in [9.17, 15) is 0 Å². The number of aromatic nitrogens is 2. The summed E-state index contributed by atoms with van der Waals surface area (Å²) in [5, 5.41) is 0.659. The van der Waals surface area contributed by atoms with Gasteiger partial charge in [0.15, 0.2) is 0 Å². The van der Waals surface area contributed by atoms with Crippen LogP contribution in [0.15, 0.2) is 133 Å². The molecule has 0 bridgehead atoms. The summed E-state index contributed by atoms with van der Waals surface area (Å²) in [5.41, 5.74) is 4.62. The van der Waals surface area contributed by atoms with Crippen molar-refractivity contribution >= 4 is 11.6 Å². The molecule has 0 aliphatic heterocycles. The standard InChI is InChI=1S/C33H23ClN2O2/c34-26-9-7-8-25(22-26)33-35-31(23-14-18-29(19-15-23)37-27-10-3-1-4-11-27)32(36-33)24-16-20-30(21-17-24)38-28-12-5-2-6-13-28/h1-22H,(H,35,36). The zero-order chi connectivity index (χ0) is 25.7. The van der Waals surface area contributed by atoms with Crippen molar-refractivity contribution in [2.45, 2.75) is 0 Å². The van der Waals surface area contributed by atoms with Crippen LogP contribution in [-0.2, 0) is 0 Å². The minimum Gasteiger partial charge on any atom is -0.457 e. The van der Waals surface area contributed by atoms with Gasteiger partial charge in [-0.3, -0.25) is 0 Å². The van der Waals surface area contributed by atoms with Crippen LogP contribution < -0.4 is 9.47 Å². The molecule has 0 radical (unpaired) electrons. The highest BCUT2D eigenvalue weighted by atomic mass is 35.5. The van der Waals surface area contributed by atoms with E-state index in [1.54, 1.807) is 0 Å². The van der Waals surface area contributed by atoms with Crippen LogP contribution in [0.1, 0.15) is 0 Å². The molecule has 6 rings (SSSR count). The number of hydrogen-bond donors (Lipinski definition) is 1. The zero-order valence-electron chi connectivity index (χ0n) is 20.3. The molecule has 6 aromatic rings. The molecule has 4 nitrogen and oxygen atoms in total. The second-order valence-corrected chi connectivity index (χ2v) is 9.13. The Labute approximate surface area is 226 Å². The maximum absolute atomic E-state index is 6.27. The summed E-state index contributed by atoms with van der Waals surface area (Å²) in [7, 11) is 0. The summed E-state index contributed by atoms with van der Waals surface area (Å²) in [6, 6.07) is 43.1. The highest BCUT2D eigenvalue weighted by molar-refractivity contribution is 6.30. The van der Waals surface area contributed by atoms with Gasteiger partial charge in [-0.15, -0.1) is 0 Å². The first kappa shape index (κ1) is 23.6. The number of benzene rings is 5. The lowest BCUT2D eigenvalue weighted by molar-refractivity contribution is 0.482. The van der Waals surface area contributed by atoms with Crippen LogP contribution in [0.2, 0.25) is 5.02 Å². The third kappa shape index (κ3) is 5.31. The van der Waals surface area contributed by atoms with E-state index in [-0.39, 0.29) is 0 Å². The molecule has 5 aromatic carbocycles. The smallest absolute Gasteiger partial charge is 0.138 e. The fourth-order valence-corrected chi connectivity index (χ4v) is 4.37. The minimum absolute atomic E-state index is 0.659. The van der Waals surface area contributed by atoms with Gasteiger partial charge in [0.2, 0.25) is 0 Å². The van der Waals surface area contributed by atoms with E-state index >= 15 is 0 Å². The van der Waals surface area contributed by atoms with Crippen molar-refractivity contribution in [1.82, 2.24) is 9.97 Å². The third-order valence-corrected chi connectivity index (χ3v) is 6.27. The second-order valence-electron chi connectivity index (χ2n) is 8.70. The molecule has 5 heteroatoms. The number of ether oxygens (including phenoxy) is 2. The van der Waals surface area contributed by atoms with Crippen LogP contribution in [0.4, 0.5) is 0 Å². The number of nitrogens with zero attached hydrogens (tertiary/aromatic N) is 1. The Kier molecular flexibility index (Phi) is 6.62. The molecule has 0 spiro atoms. The molecule has 0 amide bonds. The van der Waals surface area contributed by atoms with E-state index in [0.717, 1.165) is 56.9 Å². The van der Waals surface area contributed by atoms with Gasteiger partial charge in [0, 0.05) is 21.7 Å². The fraction of sp³-hybridized carbons (Fsp3) is 0. The van der Waals surface area contributed by atoms with Crippen LogP contribution in [0.25, 0.3) is 33.9 Å². The van der Waals surface area contributed by atoms with E-state index in [1.165, 1.54) is 0 Å². The summed E-state index contributed by atoms with van der Waals surface area (Å²) in [6.07, 6.45) is 0. The van der Waals surface area contributed by atoms with Gasteiger partial charge in [0.1, 0.15) is 28.8 Å². The quantitative estimate of drug-likeness (QED) is 0.230. The molecule has 1 aromatic heterocycles. The highest BCUT2D eigenvalue weighted by Crippen LogP contribution is 2.36. The molecule has 0 saturated heterocycles. The Bertz CT molecular complexity index is 1540. The average molecular weight is 515 g/mol. The Hall–Kier alpha value is -4.80. The second kappa shape index (κ2) is 10.7. The van der Waals surface area contributed by atoms with Crippen LogP contribution in [0.5, 0.6) is 23.0 Å². The molecule has 0 atom stereocenters. The fourth-order valence-electron chi connectivity index (χ4n) is 4.18. The number of rotatable bonds is 7. The molecule has 0 fully saturated rings. The number of imidazole rings is 1. The average Bonchev–Trinajstić information content (AvgIpc) is 3.41. The van der Waals surface area contributed by atoms with Gasteiger partial charge in [-0.25, -0.2) is 4.98 Å². The van der Waals surface area contributed by atoms with Crippen molar-refractivity contribution < 1.29 is 9.47 Å². The van der Waals surface area contributed by atoms with E-state index in [1.807, 2.05) is 133 Å². The lowest BCUT2D eigenvalue weighted by Gasteiger charge is -2.08. The number of para-hydroxylation sites is 2. The van der Waals surface area contributed by atoms with Gasteiger partial charge < -0.3 is 14.5 Å². The molecule has 1 N–H and O–H groups in total. The molecular weight excluding hydrogens is 492 g/mol. The zero-order valence-corrected chi connectivity index (χ0v) is 21.1. The summed E-state index contributed by atoms with van der Waals surface area (Å²) >= 11 is 6.27. The first-order chi connectivity index (χ1) is 18.7. The molecule has 1 heterocycles. The van der Waals surface area contributed by atoms with E-state index in [4.69, 9.17) is 26.1 Å². The lowest BCUT2D eigenvalue weighted by Crippen LogP contribution is -1.87. The summed E-state index contributed by atoms with van der Waals surface area (Å²) in [6.45, 7) is 0. The maximum atomic E-state index is 6.27. The van der Waals surface area contributed by atoms with E-state index in [0.29, 0.717) is 5.02 Å². The largest absolute Gasteiger partial charge is 0.457 e. The number of H-pyrrole nitrogens is 1. The molecule has 0 saturated carbocycles. The van der Waals surface area contributed by atoms with Crippen molar-refractivity contribution in [3.8, 4) is 56.9 Å². The monoisotopic (exact) mass is 514 g/mol. The van der Waals surface area contributed by atoms with Gasteiger partial charge in [-0.05, 0) is 84.9 Å². The predicted molar refractivity (Wildman–Crippen MR) is 153 cm³/mol. The summed E-state index contributed by atoms with van der Waals surface area (Å²) < 4.78 is 12.0. The van der Waals surface area contributed by atoms with Gasteiger partial charge in [-0.1, -0.05) is 60.1 Å². The van der Waals surface area contributed by atoms with Crippen LogP contribution in [-0.4, -0.2) is 9.97 Å². The SMILES string of the molecule is Clc1cccc(-c2nc(-c3ccc(Oc4ccccc4)cc3)c(-c3ccc(Oc4ccccc4)cc3)[nH]2)c1. The highest BCUT2D eigenvalue weighted by Gasteiger charge is 2.16. The first-order valence-electron chi connectivity index (χ1n) is 12.2. The summed E-state index contributed by atoms with van der Waals surface area (Å²) in [4.78, 5) is 8.51. The van der Waals surface area contributed by atoms with E-state index < -0.39 is 0 Å². The molecular formula is C33H23ClN2O2. The minimum atomic E-state index is 0.659. The van der Waals surface area contributed by atoms with Crippen molar-refractivity contribution in [3.63, 3.8) is 0 Å². The maximum Gasteiger partial charge on any atom is 0.138 e. The molecule has 0 aliphatic rings. The predicted octanol–water partition coefficient (Wildman–Crippen LogP) is 9.65. The number of halogens is 1. The van der Waals surface area contributed by atoms with E-state index in [2.05, 4.69) is 4.98 Å². The number of hydrogen-bond acceptors (Lipinski definition) is 3. The Morgan fingerprint density at radius 2 is 1.03 bits per heavy atom. The number of aromatic amines is 1. The first-order valence-corrected chi connectivity index (χ1v) is 12.6. The van der Waals surface area contributed by atoms with Gasteiger partial charge in [0.25, 0.3) is 0 Å². The molecule has 0 unspecified atom stereocenters. The molecule has 38 heavy (non-hydrogen) atoms. The Balaban J connectivity index is 1.35. The van der Waals surface area contributed by atoms with Crippen LogP contribution >= 0.6 is 11.6 Å². The summed E-state index contributed by atoms with van der Waals surface area (Å²) in [5.74, 6) is 3.85. The Morgan fingerprint density at radius 3 is 1.58 bits per heavy atom. The van der Waals surface area contributed by atoms with Crippen molar-refractivity contribution in [1.29, 1.82) is 0 Å². The van der Waals surface area contributed by atoms with Crippen LogP contribution in [0, 0.1) is 0 Å². The lowest BCUT2D eigenvalue weighted by atomic mass is 10.0. The topological polar surface area (TPSA) is 47.1 Å². The Morgan fingerprint density at radius 1 is 0.500 bits per heavy atom. The normalized spacial score (nSPS) is 10.8. The van der Waals surface area contributed by atoms with Gasteiger partial charge >= 0.3 is 0 Å². The molecule has 184 valence electrons. The number of nitrogens with one attached hydrogen (secondary N) is 1.